The van der Waals surface area contributed by atoms with E-state index in [-0.39, 0.29) is 14.9 Å². The van der Waals surface area contributed by atoms with E-state index < -0.39 is 27.5 Å². The molecule has 0 fully saturated rings. The van der Waals surface area contributed by atoms with Crippen molar-refractivity contribution in [2.24, 2.45) is 0 Å². The van der Waals surface area contributed by atoms with Crippen molar-refractivity contribution >= 4 is 37.9 Å². The summed E-state index contributed by atoms with van der Waals surface area (Å²) in [7, 11) is -2.98. The number of ether oxygens (including phenoxy) is 1. The summed E-state index contributed by atoms with van der Waals surface area (Å²) in [5.74, 6) is -2.03. The van der Waals surface area contributed by atoms with Gasteiger partial charge in [0.15, 0.2) is 0 Å². The van der Waals surface area contributed by atoms with Gasteiger partial charge >= 0.3 is 11.9 Å². The molecule has 1 aromatic rings. The van der Waals surface area contributed by atoms with E-state index in [0.717, 1.165) is 13.2 Å². The Kier molecular flexibility index (Phi) is 5.13. The third-order valence-electron chi connectivity index (χ3n) is 2.55. The van der Waals surface area contributed by atoms with E-state index in [4.69, 9.17) is 5.11 Å². The largest absolute Gasteiger partial charge is 0.478 e. The highest BCUT2D eigenvalue weighted by atomic mass is 79.9. The molecule has 9 heteroatoms. The van der Waals surface area contributed by atoms with E-state index in [2.05, 4.69) is 25.4 Å². The topological polar surface area (TPSA) is 110 Å². The van der Waals surface area contributed by atoms with Crippen molar-refractivity contribution in [3.8, 4) is 0 Å². The maximum absolute atomic E-state index is 12.3. The molecule has 0 atom stereocenters. The van der Waals surface area contributed by atoms with E-state index in [1.54, 1.807) is 0 Å². The third kappa shape index (κ3) is 4.02. The van der Waals surface area contributed by atoms with Crippen LogP contribution in [0, 0.1) is 0 Å². The van der Waals surface area contributed by atoms with Gasteiger partial charge in [0.2, 0.25) is 10.0 Å². The van der Waals surface area contributed by atoms with Crippen LogP contribution in [0.1, 0.15) is 24.2 Å². The second kappa shape index (κ2) is 6.12. The smallest absolute Gasteiger partial charge is 0.335 e. The first-order chi connectivity index (χ1) is 9.51. The van der Waals surface area contributed by atoms with Crippen LogP contribution in [0.5, 0.6) is 0 Å². The lowest BCUT2D eigenvalue weighted by Crippen LogP contribution is -2.50. The SMILES string of the molecule is COC(=O)C(C)(C)NS(=O)(=O)c1cc(C(=O)O)ccc1Br. The fourth-order valence-electron chi connectivity index (χ4n) is 1.53. The molecule has 0 unspecified atom stereocenters. The van der Waals surface area contributed by atoms with Crippen LogP contribution >= 0.6 is 15.9 Å². The second-order valence-corrected chi connectivity index (χ2v) is 7.18. The molecule has 0 aromatic heterocycles. The molecular formula is C12H14BrNO6S. The maximum atomic E-state index is 12.3. The predicted molar refractivity (Wildman–Crippen MR) is 77.5 cm³/mol. The summed E-state index contributed by atoms with van der Waals surface area (Å²) in [5, 5.41) is 8.92. The molecule has 0 aliphatic heterocycles. The normalized spacial score (nSPS) is 12.0. The number of carbonyl (C=O) groups excluding carboxylic acids is 1. The molecule has 0 bridgehead atoms. The summed E-state index contributed by atoms with van der Waals surface area (Å²) < 4.78 is 31.5. The monoisotopic (exact) mass is 379 g/mol. The molecule has 2 N–H and O–H groups in total. The van der Waals surface area contributed by atoms with Crippen molar-refractivity contribution in [3.05, 3.63) is 28.2 Å². The van der Waals surface area contributed by atoms with Crippen LogP contribution < -0.4 is 4.72 Å². The minimum absolute atomic E-state index is 0.181. The molecule has 0 saturated carbocycles. The fraction of sp³-hybridized carbons (Fsp3) is 0.333. The minimum Gasteiger partial charge on any atom is -0.478 e. The number of carboxylic acids is 1. The summed E-state index contributed by atoms with van der Waals surface area (Å²) in [6, 6.07) is 3.57. The first-order valence-electron chi connectivity index (χ1n) is 5.66. The number of sulfonamides is 1. The lowest BCUT2D eigenvalue weighted by molar-refractivity contribution is -0.146. The maximum Gasteiger partial charge on any atom is 0.335 e. The summed E-state index contributed by atoms with van der Waals surface area (Å²) in [4.78, 5) is 22.2. The first kappa shape index (κ1) is 17.6. The zero-order valence-corrected chi connectivity index (χ0v) is 13.9. The van der Waals surface area contributed by atoms with Gasteiger partial charge in [-0.05, 0) is 48.0 Å². The quantitative estimate of drug-likeness (QED) is 0.747. The van der Waals surface area contributed by atoms with E-state index in [0.29, 0.717) is 0 Å². The van der Waals surface area contributed by atoms with Gasteiger partial charge in [0.25, 0.3) is 0 Å². The Balaban J connectivity index is 3.29. The number of halogens is 1. The van der Waals surface area contributed by atoms with Crippen LogP contribution in [0.4, 0.5) is 0 Å². The van der Waals surface area contributed by atoms with Crippen LogP contribution in [0.3, 0.4) is 0 Å². The van der Waals surface area contributed by atoms with Crippen molar-refractivity contribution in [2.75, 3.05) is 7.11 Å². The second-order valence-electron chi connectivity index (χ2n) is 4.67. The van der Waals surface area contributed by atoms with Crippen LogP contribution in [0.15, 0.2) is 27.6 Å². The highest BCUT2D eigenvalue weighted by Gasteiger charge is 2.35. The number of benzene rings is 1. The van der Waals surface area contributed by atoms with Crippen molar-refractivity contribution in [2.45, 2.75) is 24.3 Å². The molecule has 0 aliphatic carbocycles. The Hall–Kier alpha value is -1.45. The van der Waals surface area contributed by atoms with Crippen LogP contribution in [-0.2, 0) is 19.6 Å². The van der Waals surface area contributed by atoms with Crippen LogP contribution in [-0.4, -0.2) is 38.1 Å². The number of hydrogen-bond donors (Lipinski definition) is 2. The molecule has 0 aliphatic rings. The average molecular weight is 380 g/mol. The molecule has 0 spiro atoms. The predicted octanol–water partition coefficient (Wildman–Crippen LogP) is 1.38. The number of carboxylic acid groups (broad SMARTS) is 1. The molecule has 1 rings (SSSR count). The number of esters is 1. The number of aromatic carboxylic acids is 1. The molecule has 116 valence electrons. The summed E-state index contributed by atoms with van der Waals surface area (Å²) >= 11 is 3.05. The van der Waals surface area contributed by atoms with E-state index in [9.17, 15) is 18.0 Å². The lowest BCUT2D eigenvalue weighted by Gasteiger charge is -2.23. The Labute approximate surface area is 130 Å². The molecule has 21 heavy (non-hydrogen) atoms. The van der Waals surface area contributed by atoms with Crippen LogP contribution in [0.25, 0.3) is 0 Å². The van der Waals surface area contributed by atoms with Crippen molar-refractivity contribution in [1.82, 2.24) is 4.72 Å². The van der Waals surface area contributed by atoms with Gasteiger partial charge in [-0.1, -0.05) is 0 Å². The number of rotatable bonds is 5. The van der Waals surface area contributed by atoms with Gasteiger partial charge < -0.3 is 9.84 Å². The number of methoxy groups -OCH3 is 1. The number of carbonyl (C=O) groups is 2. The summed E-state index contributed by atoms with van der Waals surface area (Å²) in [5.41, 5.74) is -1.68. The van der Waals surface area contributed by atoms with Gasteiger partial charge in [-0.15, -0.1) is 0 Å². The Morgan fingerprint density at radius 3 is 2.38 bits per heavy atom. The highest BCUT2D eigenvalue weighted by Crippen LogP contribution is 2.24. The number of hydrogen-bond acceptors (Lipinski definition) is 5. The van der Waals surface area contributed by atoms with Crippen molar-refractivity contribution in [1.29, 1.82) is 0 Å². The van der Waals surface area contributed by atoms with Gasteiger partial charge in [0, 0.05) is 4.47 Å². The zero-order valence-electron chi connectivity index (χ0n) is 11.5. The summed E-state index contributed by atoms with van der Waals surface area (Å²) in [6.45, 7) is 2.68. The molecule has 0 saturated heterocycles. The molecular weight excluding hydrogens is 366 g/mol. The Morgan fingerprint density at radius 2 is 1.90 bits per heavy atom. The third-order valence-corrected chi connectivity index (χ3v) is 5.20. The van der Waals surface area contributed by atoms with Gasteiger partial charge in [0.05, 0.1) is 17.6 Å². The molecule has 7 nitrogen and oxygen atoms in total. The van der Waals surface area contributed by atoms with Crippen molar-refractivity contribution in [3.63, 3.8) is 0 Å². The lowest BCUT2D eigenvalue weighted by atomic mass is 10.1. The van der Waals surface area contributed by atoms with Gasteiger partial charge in [-0.2, -0.15) is 4.72 Å². The van der Waals surface area contributed by atoms with Gasteiger partial charge in [-0.3, -0.25) is 4.79 Å². The Morgan fingerprint density at radius 1 is 1.33 bits per heavy atom. The van der Waals surface area contributed by atoms with Gasteiger partial charge in [0.1, 0.15) is 5.54 Å². The van der Waals surface area contributed by atoms with Gasteiger partial charge in [-0.25, -0.2) is 13.2 Å². The van der Waals surface area contributed by atoms with E-state index >= 15 is 0 Å². The average Bonchev–Trinajstić information content (AvgIpc) is 2.36. The van der Waals surface area contributed by atoms with Crippen molar-refractivity contribution < 1.29 is 27.9 Å². The van der Waals surface area contributed by atoms with Crippen LogP contribution in [0.2, 0.25) is 0 Å². The zero-order chi connectivity index (χ0) is 16.4. The Bertz CT molecular complexity index is 683. The first-order valence-corrected chi connectivity index (χ1v) is 7.94. The highest BCUT2D eigenvalue weighted by molar-refractivity contribution is 9.10. The minimum atomic E-state index is -4.12. The molecule has 0 radical (unpaired) electrons. The standard InChI is InChI=1S/C12H14BrNO6S/c1-12(2,11(17)20-3)14-21(18,19)9-6-7(10(15)16)4-5-8(9)13/h4-6,14H,1-3H3,(H,15,16). The summed E-state index contributed by atoms with van der Waals surface area (Å²) in [6.07, 6.45) is 0. The molecule has 1 aromatic carbocycles. The molecule has 0 amide bonds. The fourth-order valence-corrected chi connectivity index (χ4v) is 3.89. The van der Waals surface area contributed by atoms with E-state index in [1.807, 2.05) is 0 Å². The van der Waals surface area contributed by atoms with E-state index in [1.165, 1.54) is 26.0 Å². The molecule has 0 heterocycles. The number of nitrogens with one attached hydrogen (secondary N) is 1.